The van der Waals surface area contributed by atoms with Gasteiger partial charge in [0, 0.05) is 18.6 Å². The van der Waals surface area contributed by atoms with Gasteiger partial charge in [0.1, 0.15) is 6.61 Å². The SMILES string of the molecule is Cc1ccc([C@@H]2[C@@H](C(=O)Nc3nccs3)OCC(=O)N2C)cc1. The number of aromatic nitrogens is 1. The minimum atomic E-state index is -0.774. The normalized spacial score (nSPS) is 21.3. The van der Waals surface area contributed by atoms with Crippen molar-refractivity contribution >= 4 is 28.3 Å². The molecule has 1 fully saturated rings. The van der Waals surface area contributed by atoms with Crippen LogP contribution >= 0.6 is 11.3 Å². The number of nitrogens with one attached hydrogen (secondary N) is 1. The lowest BCUT2D eigenvalue weighted by Crippen LogP contribution is -2.51. The molecule has 0 aliphatic carbocycles. The Morgan fingerprint density at radius 2 is 2.13 bits per heavy atom. The smallest absolute Gasteiger partial charge is 0.257 e. The van der Waals surface area contributed by atoms with Gasteiger partial charge in [-0.05, 0) is 12.5 Å². The van der Waals surface area contributed by atoms with E-state index in [2.05, 4.69) is 10.3 Å². The molecule has 1 N–H and O–H groups in total. The Balaban J connectivity index is 1.88. The number of nitrogens with zero attached hydrogens (tertiary/aromatic N) is 2. The van der Waals surface area contributed by atoms with Crippen LogP contribution in [-0.2, 0) is 14.3 Å². The molecule has 2 atom stereocenters. The van der Waals surface area contributed by atoms with Crippen molar-refractivity contribution < 1.29 is 14.3 Å². The number of carbonyl (C=O) groups excluding carboxylic acids is 2. The molecule has 1 aliphatic rings. The lowest BCUT2D eigenvalue weighted by Gasteiger charge is -2.38. The Kier molecular flexibility index (Phi) is 4.40. The molecule has 0 radical (unpaired) electrons. The van der Waals surface area contributed by atoms with Gasteiger partial charge in [-0.3, -0.25) is 14.9 Å². The molecular formula is C16H17N3O3S. The van der Waals surface area contributed by atoms with E-state index in [-0.39, 0.29) is 18.4 Å². The van der Waals surface area contributed by atoms with E-state index >= 15 is 0 Å². The quantitative estimate of drug-likeness (QED) is 0.934. The summed E-state index contributed by atoms with van der Waals surface area (Å²) in [5.41, 5.74) is 1.98. The summed E-state index contributed by atoms with van der Waals surface area (Å²) < 4.78 is 5.54. The zero-order chi connectivity index (χ0) is 16.4. The van der Waals surface area contributed by atoms with Gasteiger partial charge >= 0.3 is 0 Å². The van der Waals surface area contributed by atoms with Crippen molar-refractivity contribution in [3.05, 3.63) is 47.0 Å². The molecule has 6 nitrogen and oxygen atoms in total. The van der Waals surface area contributed by atoms with Gasteiger partial charge in [0.15, 0.2) is 11.2 Å². The number of ether oxygens (including phenoxy) is 1. The Bertz CT molecular complexity index is 700. The molecule has 0 spiro atoms. The summed E-state index contributed by atoms with van der Waals surface area (Å²) in [6.07, 6.45) is 0.846. The van der Waals surface area contributed by atoms with Gasteiger partial charge in [0.25, 0.3) is 5.91 Å². The van der Waals surface area contributed by atoms with E-state index in [9.17, 15) is 9.59 Å². The monoisotopic (exact) mass is 331 g/mol. The highest BCUT2D eigenvalue weighted by Crippen LogP contribution is 2.30. The molecular weight excluding hydrogens is 314 g/mol. The zero-order valence-corrected chi connectivity index (χ0v) is 13.7. The van der Waals surface area contributed by atoms with E-state index < -0.39 is 12.1 Å². The van der Waals surface area contributed by atoms with E-state index in [0.717, 1.165) is 11.1 Å². The third-order valence-electron chi connectivity index (χ3n) is 3.82. The van der Waals surface area contributed by atoms with E-state index in [1.54, 1.807) is 23.5 Å². The summed E-state index contributed by atoms with van der Waals surface area (Å²) in [5, 5.41) is 5.04. The fourth-order valence-corrected chi connectivity index (χ4v) is 3.09. The van der Waals surface area contributed by atoms with Gasteiger partial charge in [-0.15, -0.1) is 11.3 Å². The molecule has 2 heterocycles. The third kappa shape index (κ3) is 3.25. The molecule has 3 rings (SSSR count). The second kappa shape index (κ2) is 6.47. The second-order valence-electron chi connectivity index (χ2n) is 5.42. The summed E-state index contributed by atoms with van der Waals surface area (Å²) >= 11 is 1.34. The summed E-state index contributed by atoms with van der Waals surface area (Å²) in [6.45, 7) is 1.89. The fraction of sp³-hybridized carbons (Fsp3) is 0.312. The molecule has 1 aromatic carbocycles. The van der Waals surface area contributed by atoms with Crippen LogP contribution < -0.4 is 5.32 Å². The third-order valence-corrected chi connectivity index (χ3v) is 4.51. The highest BCUT2D eigenvalue weighted by molar-refractivity contribution is 7.13. The van der Waals surface area contributed by atoms with E-state index in [1.807, 2.05) is 31.2 Å². The first-order valence-electron chi connectivity index (χ1n) is 7.20. The first-order valence-corrected chi connectivity index (χ1v) is 8.08. The van der Waals surface area contributed by atoms with Crippen LogP contribution in [0.15, 0.2) is 35.8 Å². The van der Waals surface area contributed by atoms with Crippen LogP contribution in [0.2, 0.25) is 0 Å². The minimum Gasteiger partial charge on any atom is -0.356 e. The molecule has 1 aromatic heterocycles. The number of benzene rings is 1. The number of hydrogen-bond donors (Lipinski definition) is 1. The summed E-state index contributed by atoms with van der Waals surface area (Å²) in [6, 6.07) is 7.29. The van der Waals surface area contributed by atoms with Crippen LogP contribution in [0.25, 0.3) is 0 Å². The maximum atomic E-state index is 12.6. The Morgan fingerprint density at radius 3 is 2.78 bits per heavy atom. The van der Waals surface area contributed by atoms with Crippen LogP contribution in [0.3, 0.4) is 0 Å². The van der Waals surface area contributed by atoms with E-state index in [4.69, 9.17) is 4.74 Å². The molecule has 1 aliphatic heterocycles. The molecule has 2 amide bonds. The highest BCUT2D eigenvalue weighted by atomic mass is 32.1. The van der Waals surface area contributed by atoms with Crippen molar-refractivity contribution in [1.29, 1.82) is 0 Å². The molecule has 0 bridgehead atoms. The van der Waals surface area contributed by atoms with Crippen molar-refractivity contribution in [1.82, 2.24) is 9.88 Å². The van der Waals surface area contributed by atoms with Crippen molar-refractivity contribution in [2.45, 2.75) is 19.1 Å². The summed E-state index contributed by atoms with van der Waals surface area (Å²) in [5.74, 6) is -0.446. The van der Waals surface area contributed by atoms with Gasteiger partial charge in [0.2, 0.25) is 5.91 Å². The van der Waals surface area contributed by atoms with Gasteiger partial charge in [0.05, 0.1) is 6.04 Å². The predicted molar refractivity (Wildman–Crippen MR) is 87.2 cm³/mol. The summed E-state index contributed by atoms with van der Waals surface area (Å²) in [7, 11) is 1.69. The number of amides is 2. The van der Waals surface area contributed by atoms with Gasteiger partial charge < -0.3 is 9.64 Å². The average molecular weight is 331 g/mol. The van der Waals surface area contributed by atoms with Gasteiger partial charge in [-0.25, -0.2) is 4.98 Å². The molecule has 0 saturated carbocycles. The van der Waals surface area contributed by atoms with Gasteiger partial charge in [-0.1, -0.05) is 29.8 Å². The standard InChI is InChI=1S/C16H17N3O3S/c1-10-3-5-11(6-4-10)13-14(22-9-12(20)19(13)2)15(21)18-16-17-7-8-23-16/h3-8,13-14H,9H2,1-2H3,(H,17,18,21)/t13-,14+/m1/s1. The molecule has 0 unspecified atom stereocenters. The Morgan fingerprint density at radius 1 is 1.39 bits per heavy atom. The Hall–Kier alpha value is -2.25. The molecule has 120 valence electrons. The minimum absolute atomic E-state index is 0.102. The fourth-order valence-electron chi connectivity index (χ4n) is 2.56. The number of likely N-dealkylation sites (N-methyl/N-ethyl adjacent to an activating group) is 1. The second-order valence-corrected chi connectivity index (χ2v) is 6.31. The number of hydrogen-bond acceptors (Lipinski definition) is 5. The first kappa shape index (κ1) is 15.6. The van der Waals surface area contributed by atoms with E-state index in [0.29, 0.717) is 5.13 Å². The largest absolute Gasteiger partial charge is 0.356 e. The molecule has 7 heteroatoms. The number of carbonyl (C=O) groups is 2. The number of thiazole rings is 1. The van der Waals surface area contributed by atoms with Crippen LogP contribution in [0, 0.1) is 6.92 Å². The van der Waals surface area contributed by atoms with Crippen LogP contribution in [0.5, 0.6) is 0 Å². The average Bonchev–Trinajstić information content (AvgIpc) is 3.04. The summed E-state index contributed by atoms with van der Waals surface area (Å²) in [4.78, 5) is 30.2. The maximum Gasteiger partial charge on any atom is 0.257 e. The number of morpholine rings is 1. The maximum absolute atomic E-state index is 12.6. The van der Waals surface area contributed by atoms with Gasteiger partial charge in [-0.2, -0.15) is 0 Å². The number of anilines is 1. The first-order chi connectivity index (χ1) is 11.1. The van der Waals surface area contributed by atoms with E-state index in [1.165, 1.54) is 11.3 Å². The zero-order valence-electron chi connectivity index (χ0n) is 12.9. The van der Waals surface area contributed by atoms with Crippen LogP contribution in [0.1, 0.15) is 17.2 Å². The number of aryl methyl sites for hydroxylation is 1. The highest BCUT2D eigenvalue weighted by Gasteiger charge is 2.40. The van der Waals surface area contributed by atoms with Crippen molar-refractivity contribution in [2.24, 2.45) is 0 Å². The molecule has 23 heavy (non-hydrogen) atoms. The van der Waals surface area contributed by atoms with Crippen molar-refractivity contribution in [3.8, 4) is 0 Å². The van der Waals surface area contributed by atoms with Crippen LogP contribution in [-0.4, -0.2) is 41.5 Å². The predicted octanol–water partition coefficient (Wildman–Crippen LogP) is 1.99. The Labute approximate surface area is 138 Å². The number of rotatable bonds is 3. The van der Waals surface area contributed by atoms with Crippen molar-refractivity contribution in [3.63, 3.8) is 0 Å². The lowest BCUT2D eigenvalue weighted by atomic mass is 9.97. The lowest BCUT2D eigenvalue weighted by molar-refractivity contribution is -0.160. The van der Waals surface area contributed by atoms with Crippen LogP contribution in [0.4, 0.5) is 5.13 Å². The molecule has 2 aromatic rings. The molecule has 1 saturated heterocycles. The van der Waals surface area contributed by atoms with Crippen molar-refractivity contribution in [2.75, 3.05) is 19.0 Å². The topological polar surface area (TPSA) is 71.5 Å².